The number of aromatic nitrogens is 3. The highest BCUT2D eigenvalue weighted by molar-refractivity contribution is 6.03. The Labute approximate surface area is 206 Å². The number of rotatable bonds is 7. The standard InChI is InChI=1S/C28H21N5O3/c34-27(33-21-4-1-18(2-5-21)15-19-9-12-29-13-10-19)26-8-6-22(17-31-26)32-25-11-14-30-24-7-3-20(28(35)36)16-23(24)25/h1-14,16-17H,15H2,(H,30,32)(H,33,34)(H,35,36). The highest BCUT2D eigenvalue weighted by Gasteiger charge is 2.10. The van der Waals surface area contributed by atoms with E-state index in [1.54, 1.807) is 55.1 Å². The van der Waals surface area contributed by atoms with Crippen LogP contribution in [0, 0.1) is 0 Å². The van der Waals surface area contributed by atoms with E-state index >= 15 is 0 Å². The van der Waals surface area contributed by atoms with Gasteiger partial charge in [-0.1, -0.05) is 12.1 Å². The average Bonchev–Trinajstić information content (AvgIpc) is 2.91. The largest absolute Gasteiger partial charge is 0.478 e. The Morgan fingerprint density at radius 2 is 1.53 bits per heavy atom. The zero-order valence-corrected chi connectivity index (χ0v) is 19.1. The van der Waals surface area contributed by atoms with Crippen LogP contribution in [0.3, 0.4) is 0 Å². The number of nitrogens with one attached hydrogen (secondary N) is 2. The molecule has 0 atom stereocenters. The summed E-state index contributed by atoms with van der Waals surface area (Å²) >= 11 is 0. The van der Waals surface area contributed by atoms with Crippen molar-refractivity contribution in [3.05, 3.63) is 120 Å². The lowest BCUT2D eigenvalue weighted by molar-refractivity contribution is 0.0697. The van der Waals surface area contributed by atoms with Gasteiger partial charge in [0.05, 0.1) is 23.0 Å². The van der Waals surface area contributed by atoms with Gasteiger partial charge in [0.15, 0.2) is 0 Å². The van der Waals surface area contributed by atoms with Gasteiger partial charge in [0.25, 0.3) is 5.91 Å². The van der Waals surface area contributed by atoms with E-state index in [0.717, 1.165) is 12.0 Å². The highest BCUT2D eigenvalue weighted by Crippen LogP contribution is 2.26. The second kappa shape index (κ2) is 10.0. The molecule has 0 bridgehead atoms. The van der Waals surface area contributed by atoms with Gasteiger partial charge in [0.1, 0.15) is 5.69 Å². The number of carbonyl (C=O) groups is 2. The number of anilines is 3. The number of pyridine rings is 3. The first kappa shape index (κ1) is 22.7. The van der Waals surface area contributed by atoms with Crippen molar-refractivity contribution in [3.63, 3.8) is 0 Å². The van der Waals surface area contributed by atoms with Crippen LogP contribution in [-0.4, -0.2) is 31.9 Å². The third-order valence-electron chi connectivity index (χ3n) is 5.63. The Hall–Kier alpha value is -5.11. The molecule has 176 valence electrons. The quantitative estimate of drug-likeness (QED) is 0.292. The van der Waals surface area contributed by atoms with Crippen LogP contribution in [0.1, 0.15) is 32.0 Å². The summed E-state index contributed by atoms with van der Waals surface area (Å²) in [6.07, 6.45) is 7.53. The van der Waals surface area contributed by atoms with Gasteiger partial charge < -0.3 is 15.7 Å². The van der Waals surface area contributed by atoms with E-state index in [0.29, 0.717) is 28.0 Å². The zero-order valence-electron chi connectivity index (χ0n) is 19.1. The molecule has 8 heteroatoms. The molecule has 3 N–H and O–H groups in total. The van der Waals surface area contributed by atoms with Crippen molar-refractivity contribution in [1.29, 1.82) is 0 Å². The fraction of sp³-hybridized carbons (Fsp3) is 0.0357. The molecule has 0 radical (unpaired) electrons. The molecule has 0 saturated heterocycles. The first-order valence-electron chi connectivity index (χ1n) is 11.2. The predicted molar refractivity (Wildman–Crippen MR) is 138 cm³/mol. The molecule has 1 amide bonds. The molecule has 2 aromatic carbocycles. The Bertz CT molecular complexity index is 1540. The molecule has 3 aromatic heterocycles. The first-order chi connectivity index (χ1) is 17.5. The first-order valence-corrected chi connectivity index (χ1v) is 11.2. The lowest BCUT2D eigenvalue weighted by Crippen LogP contribution is -2.13. The van der Waals surface area contributed by atoms with E-state index in [1.807, 2.05) is 36.4 Å². The fourth-order valence-electron chi connectivity index (χ4n) is 3.78. The second-order valence-corrected chi connectivity index (χ2v) is 8.14. The molecule has 0 saturated carbocycles. The smallest absolute Gasteiger partial charge is 0.335 e. The maximum atomic E-state index is 12.7. The van der Waals surface area contributed by atoms with Gasteiger partial charge in [-0.2, -0.15) is 0 Å². The predicted octanol–water partition coefficient (Wildman–Crippen LogP) is 5.31. The van der Waals surface area contributed by atoms with Gasteiger partial charge >= 0.3 is 5.97 Å². The van der Waals surface area contributed by atoms with Gasteiger partial charge in [-0.25, -0.2) is 9.78 Å². The Morgan fingerprint density at radius 1 is 0.778 bits per heavy atom. The number of amides is 1. The minimum absolute atomic E-state index is 0.175. The molecule has 0 aliphatic carbocycles. The Kier molecular flexibility index (Phi) is 6.31. The van der Waals surface area contributed by atoms with Gasteiger partial charge in [0.2, 0.25) is 0 Å². The maximum Gasteiger partial charge on any atom is 0.335 e. The molecule has 0 spiro atoms. The van der Waals surface area contributed by atoms with Gasteiger partial charge in [-0.05, 0) is 78.2 Å². The molecule has 36 heavy (non-hydrogen) atoms. The summed E-state index contributed by atoms with van der Waals surface area (Å²) in [7, 11) is 0. The molecule has 8 nitrogen and oxygen atoms in total. The molecule has 5 rings (SSSR count). The van der Waals surface area contributed by atoms with Crippen molar-refractivity contribution in [2.75, 3.05) is 10.6 Å². The monoisotopic (exact) mass is 475 g/mol. The highest BCUT2D eigenvalue weighted by atomic mass is 16.4. The normalized spacial score (nSPS) is 10.7. The van der Waals surface area contributed by atoms with Crippen molar-refractivity contribution in [1.82, 2.24) is 15.0 Å². The van der Waals surface area contributed by atoms with Crippen molar-refractivity contribution >= 4 is 39.8 Å². The Balaban J connectivity index is 1.25. The summed E-state index contributed by atoms with van der Waals surface area (Å²) in [5.41, 5.74) is 5.44. The summed E-state index contributed by atoms with van der Waals surface area (Å²) in [6, 6.07) is 21.5. The summed E-state index contributed by atoms with van der Waals surface area (Å²) in [5, 5.41) is 16.1. The van der Waals surface area contributed by atoms with E-state index in [9.17, 15) is 14.7 Å². The van der Waals surface area contributed by atoms with Crippen LogP contribution < -0.4 is 10.6 Å². The number of nitrogens with zero attached hydrogens (tertiary/aromatic N) is 3. The topological polar surface area (TPSA) is 117 Å². The van der Waals surface area contributed by atoms with Crippen molar-refractivity contribution < 1.29 is 14.7 Å². The zero-order chi connectivity index (χ0) is 24.9. The Morgan fingerprint density at radius 3 is 2.25 bits per heavy atom. The molecule has 0 unspecified atom stereocenters. The van der Waals surface area contributed by atoms with Crippen LogP contribution >= 0.6 is 0 Å². The summed E-state index contributed by atoms with van der Waals surface area (Å²) < 4.78 is 0. The van der Waals surface area contributed by atoms with Gasteiger partial charge in [-0.3, -0.25) is 14.8 Å². The summed E-state index contributed by atoms with van der Waals surface area (Å²) in [5.74, 6) is -1.32. The van der Waals surface area contributed by atoms with Crippen LogP contribution in [0.5, 0.6) is 0 Å². The molecular weight excluding hydrogens is 454 g/mol. The average molecular weight is 476 g/mol. The van der Waals surface area contributed by atoms with Crippen LogP contribution in [0.25, 0.3) is 10.9 Å². The number of hydrogen-bond acceptors (Lipinski definition) is 6. The van der Waals surface area contributed by atoms with E-state index in [2.05, 4.69) is 25.6 Å². The van der Waals surface area contributed by atoms with Crippen LogP contribution in [-0.2, 0) is 6.42 Å². The van der Waals surface area contributed by atoms with E-state index < -0.39 is 5.97 Å². The van der Waals surface area contributed by atoms with Crippen molar-refractivity contribution in [3.8, 4) is 0 Å². The summed E-state index contributed by atoms with van der Waals surface area (Å²) in [6.45, 7) is 0. The van der Waals surface area contributed by atoms with Crippen LogP contribution in [0.4, 0.5) is 17.1 Å². The third kappa shape index (κ3) is 5.18. The second-order valence-electron chi connectivity index (χ2n) is 8.14. The number of carboxylic acid groups (broad SMARTS) is 1. The minimum atomic E-state index is -1.01. The van der Waals surface area contributed by atoms with Crippen molar-refractivity contribution in [2.45, 2.75) is 6.42 Å². The molecule has 0 aliphatic rings. The minimum Gasteiger partial charge on any atom is -0.478 e. The molecule has 0 fully saturated rings. The molecule has 0 aliphatic heterocycles. The van der Waals surface area contributed by atoms with Gasteiger partial charge in [0, 0.05) is 35.4 Å². The lowest BCUT2D eigenvalue weighted by atomic mass is 10.1. The number of hydrogen-bond donors (Lipinski definition) is 3. The number of benzene rings is 2. The van der Waals surface area contributed by atoms with Crippen LogP contribution in [0.15, 0.2) is 97.6 Å². The van der Waals surface area contributed by atoms with Gasteiger partial charge in [-0.15, -0.1) is 0 Å². The maximum absolute atomic E-state index is 12.7. The molecular formula is C28H21N5O3. The number of aromatic carboxylic acids is 1. The van der Waals surface area contributed by atoms with Crippen molar-refractivity contribution in [2.24, 2.45) is 0 Å². The van der Waals surface area contributed by atoms with Crippen LogP contribution in [0.2, 0.25) is 0 Å². The third-order valence-corrected chi connectivity index (χ3v) is 5.63. The lowest BCUT2D eigenvalue weighted by Gasteiger charge is -2.11. The summed E-state index contributed by atoms with van der Waals surface area (Å²) in [4.78, 5) is 36.6. The van der Waals surface area contributed by atoms with E-state index in [1.165, 1.54) is 11.6 Å². The fourth-order valence-corrected chi connectivity index (χ4v) is 3.78. The van der Waals surface area contributed by atoms with E-state index in [-0.39, 0.29) is 17.2 Å². The number of carboxylic acids is 1. The number of carbonyl (C=O) groups excluding carboxylic acids is 1. The SMILES string of the molecule is O=C(O)c1ccc2nccc(Nc3ccc(C(=O)Nc4ccc(Cc5ccncc5)cc4)nc3)c2c1. The van der Waals surface area contributed by atoms with E-state index in [4.69, 9.17) is 0 Å². The number of fused-ring (bicyclic) bond motifs is 1. The molecule has 5 aromatic rings. The molecule has 3 heterocycles.